The minimum absolute atomic E-state index is 0.122. The second kappa shape index (κ2) is 7.66. The van der Waals surface area contributed by atoms with Crippen molar-refractivity contribution < 1.29 is 14.7 Å². The number of carbonyl (C=O) groups excluding carboxylic acids is 1. The molecule has 0 aromatic carbocycles. The Hall–Kier alpha value is -1.26. The van der Waals surface area contributed by atoms with E-state index in [0.29, 0.717) is 18.9 Å². The summed E-state index contributed by atoms with van der Waals surface area (Å²) in [4.78, 5) is 25.7. The van der Waals surface area contributed by atoms with E-state index in [2.05, 4.69) is 19.2 Å². The summed E-state index contributed by atoms with van der Waals surface area (Å²) in [5.41, 5.74) is -0.829. The molecular weight excluding hydrogens is 268 g/mol. The van der Waals surface area contributed by atoms with Crippen molar-refractivity contribution >= 4 is 12.0 Å². The summed E-state index contributed by atoms with van der Waals surface area (Å²) in [6, 6.07) is -0.387. The molecule has 1 saturated carbocycles. The van der Waals surface area contributed by atoms with Crippen LogP contribution in [0.1, 0.15) is 59.8 Å². The lowest BCUT2D eigenvalue weighted by Gasteiger charge is -2.32. The van der Waals surface area contributed by atoms with E-state index in [9.17, 15) is 14.7 Å². The van der Waals surface area contributed by atoms with Gasteiger partial charge in [0.1, 0.15) is 0 Å². The van der Waals surface area contributed by atoms with Gasteiger partial charge in [-0.25, -0.2) is 4.79 Å². The lowest BCUT2D eigenvalue weighted by atomic mass is 9.85. The molecule has 1 rings (SSSR count). The summed E-state index contributed by atoms with van der Waals surface area (Å²) in [5, 5.41) is 12.4. The summed E-state index contributed by atoms with van der Waals surface area (Å²) in [5.74, 6) is -0.307. The highest BCUT2D eigenvalue weighted by Crippen LogP contribution is 2.38. The molecule has 1 aliphatic carbocycles. The fraction of sp³-hybridized carbons (Fsp3) is 0.875. The number of aliphatic carboxylic acids is 1. The van der Waals surface area contributed by atoms with Crippen LogP contribution in [0.2, 0.25) is 0 Å². The summed E-state index contributed by atoms with van der Waals surface area (Å²) >= 11 is 0. The van der Waals surface area contributed by atoms with E-state index in [1.54, 1.807) is 11.8 Å². The molecule has 0 spiro atoms. The molecule has 2 amide bonds. The zero-order valence-electron chi connectivity index (χ0n) is 13.8. The second-order valence-electron chi connectivity index (χ2n) is 6.34. The molecule has 1 fully saturated rings. The van der Waals surface area contributed by atoms with Gasteiger partial charge in [-0.05, 0) is 32.6 Å². The molecule has 2 unspecified atom stereocenters. The highest BCUT2D eigenvalue weighted by molar-refractivity contribution is 5.79. The van der Waals surface area contributed by atoms with Gasteiger partial charge in [-0.1, -0.05) is 33.1 Å². The van der Waals surface area contributed by atoms with Crippen LogP contribution in [-0.4, -0.2) is 41.1 Å². The molecule has 5 heteroatoms. The van der Waals surface area contributed by atoms with Gasteiger partial charge in [0.05, 0.1) is 5.41 Å². The summed E-state index contributed by atoms with van der Waals surface area (Å²) in [7, 11) is 0. The first-order chi connectivity index (χ1) is 9.88. The van der Waals surface area contributed by atoms with Crippen LogP contribution < -0.4 is 5.32 Å². The van der Waals surface area contributed by atoms with Crippen molar-refractivity contribution in [1.29, 1.82) is 0 Å². The third kappa shape index (κ3) is 4.11. The minimum Gasteiger partial charge on any atom is -0.481 e. The summed E-state index contributed by atoms with van der Waals surface area (Å²) < 4.78 is 0. The van der Waals surface area contributed by atoms with Gasteiger partial charge in [0.15, 0.2) is 0 Å². The molecule has 122 valence electrons. The molecule has 2 N–H and O–H groups in total. The first kappa shape index (κ1) is 17.8. The second-order valence-corrected chi connectivity index (χ2v) is 6.34. The maximum Gasteiger partial charge on any atom is 0.317 e. The molecule has 1 aliphatic rings. The van der Waals surface area contributed by atoms with Gasteiger partial charge in [-0.15, -0.1) is 0 Å². The number of carboxylic acid groups (broad SMARTS) is 1. The standard InChI is InChI=1S/C16H30N2O3/c1-5-12(6-2)11-18(7-3)15(21)17-13-9-8-10-16(13,4)14(19)20/h12-13H,5-11H2,1-4H3,(H,17,21)(H,19,20). The Kier molecular flexibility index (Phi) is 6.49. The maximum atomic E-state index is 12.4. The summed E-state index contributed by atoms with van der Waals surface area (Å²) in [6.07, 6.45) is 4.34. The number of rotatable bonds is 7. The van der Waals surface area contributed by atoms with Gasteiger partial charge in [0.25, 0.3) is 0 Å². The lowest BCUT2D eigenvalue weighted by molar-refractivity contribution is -0.148. The monoisotopic (exact) mass is 298 g/mol. The third-order valence-corrected chi connectivity index (χ3v) is 5.05. The first-order valence-electron chi connectivity index (χ1n) is 8.17. The Bertz CT molecular complexity index is 369. The number of carboxylic acids is 1. The van der Waals surface area contributed by atoms with Crippen LogP contribution in [0.5, 0.6) is 0 Å². The zero-order chi connectivity index (χ0) is 16.0. The fourth-order valence-electron chi connectivity index (χ4n) is 3.11. The Labute approximate surface area is 128 Å². The van der Waals surface area contributed by atoms with Crippen molar-refractivity contribution in [3.8, 4) is 0 Å². The van der Waals surface area contributed by atoms with Crippen molar-refractivity contribution in [2.45, 2.75) is 65.8 Å². The molecule has 0 heterocycles. The first-order valence-corrected chi connectivity index (χ1v) is 8.17. The number of urea groups is 1. The summed E-state index contributed by atoms with van der Waals surface area (Å²) in [6.45, 7) is 9.37. The van der Waals surface area contributed by atoms with E-state index in [-0.39, 0.29) is 12.1 Å². The molecule has 21 heavy (non-hydrogen) atoms. The molecule has 0 aromatic rings. The van der Waals surface area contributed by atoms with Gasteiger partial charge in [-0.2, -0.15) is 0 Å². The smallest absolute Gasteiger partial charge is 0.317 e. The number of hydrogen-bond acceptors (Lipinski definition) is 2. The lowest BCUT2D eigenvalue weighted by Crippen LogP contribution is -2.52. The molecule has 0 radical (unpaired) electrons. The largest absolute Gasteiger partial charge is 0.481 e. The average molecular weight is 298 g/mol. The van der Waals surface area contributed by atoms with Crippen molar-refractivity contribution in [2.24, 2.45) is 11.3 Å². The van der Waals surface area contributed by atoms with Crippen LogP contribution in [0.4, 0.5) is 4.79 Å². The van der Waals surface area contributed by atoms with Gasteiger partial charge in [0.2, 0.25) is 0 Å². The van der Waals surface area contributed by atoms with E-state index in [1.165, 1.54) is 0 Å². The Balaban J connectivity index is 2.67. The predicted molar refractivity (Wildman–Crippen MR) is 83.2 cm³/mol. The molecule has 2 atom stereocenters. The van der Waals surface area contributed by atoms with Crippen LogP contribution >= 0.6 is 0 Å². The number of nitrogens with zero attached hydrogens (tertiary/aromatic N) is 1. The van der Waals surface area contributed by atoms with Gasteiger partial charge in [0, 0.05) is 19.1 Å². The SMILES string of the molecule is CCC(CC)CN(CC)C(=O)NC1CCCC1(C)C(=O)O. The Morgan fingerprint density at radius 1 is 1.33 bits per heavy atom. The highest BCUT2D eigenvalue weighted by atomic mass is 16.4. The van der Waals surface area contributed by atoms with E-state index >= 15 is 0 Å². The van der Waals surface area contributed by atoms with Crippen LogP contribution in [0.3, 0.4) is 0 Å². The van der Waals surface area contributed by atoms with Crippen molar-refractivity contribution in [2.75, 3.05) is 13.1 Å². The molecule has 0 bridgehead atoms. The van der Waals surface area contributed by atoms with Crippen LogP contribution in [0.25, 0.3) is 0 Å². The molecular formula is C16H30N2O3. The normalized spacial score (nSPS) is 25.1. The quantitative estimate of drug-likeness (QED) is 0.759. The number of hydrogen-bond donors (Lipinski definition) is 2. The third-order valence-electron chi connectivity index (χ3n) is 5.05. The van der Waals surface area contributed by atoms with E-state index in [0.717, 1.165) is 32.2 Å². The van der Waals surface area contributed by atoms with Crippen molar-refractivity contribution in [3.63, 3.8) is 0 Å². The Morgan fingerprint density at radius 3 is 2.43 bits per heavy atom. The van der Waals surface area contributed by atoms with E-state index in [4.69, 9.17) is 0 Å². The van der Waals surface area contributed by atoms with Gasteiger partial charge >= 0.3 is 12.0 Å². The number of carbonyl (C=O) groups is 2. The van der Waals surface area contributed by atoms with E-state index < -0.39 is 11.4 Å². The molecule has 0 aromatic heterocycles. The Morgan fingerprint density at radius 2 is 1.95 bits per heavy atom. The number of amides is 2. The van der Waals surface area contributed by atoms with Crippen molar-refractivity contribution in [3.05, 3.63) is 0 Å². The minimum atomic E-state index is -0.829. The van der Waals surface area contributed by atoms with Crippen molar-refractivity contribution in [1.82, 2.24) is 10.2 Å². The van der Waals surface area contributed by atoms with Crippen LogP contribution in [0.15, 0.2) is 0 Å². The zero-order valence-corrected chi connectivity index (χ0v) is 13.8. The molecule has 0 saturated heterocycles. The predicted octanol–water partition coefficient (Wildman–Crippen LogP) is 3.10. The topological polar surface area (TPSA) is 69.6 Å². The number of nitrogens with one attached hydrogen (secondary N) is 1. The fourth-order valence-corrected chi connectivity index (χ4v) is 3.11. The average Bonchev–Trinajstić information content (AvgIpc) is 2.83. The van der Waals surface area contributed by atoms with Crippen LogP contribution in [-0.2, 0) is 4.79 Å². The molecule has 5 nitrogen and oxygen atoms in total. The van der Waals surface area contributed by atoms with Gasteiger partial charge in [-0.3, -0.25) is 4.79 Å². The molecule has 0 aliphatic heterocycles. The van der Waals surface area contributed by atoms with E-state index in [1.807, 2.05) is 6.92 Å². The maximum absolute atomic E-state index is 12.4. The van der Waals surface area contributed by atoms with Gasteiger partial charge < -0.3 is 15.3 Å². The highest BCUT2D eigenvalue weighted by Gasteiger charge is 2.46. The van der Waals surface area contributed by atoms with Crippen LogP contribution in [0, 0.1) is 11.3 Å².